The molecule has 6 heteroatoms. The quantitative estimate of drug-likeness (QED) is 0.797. The van der Waals surface area contributed by atoms with E-state index in [-0.39, 0.29) is 5.56 Å². The Hall–Kier alpha value is -1.56. The first-order chi connectivity index (χ1) is 7.38. The molecule has 1 aromatic rings. The third-order valence-corrected chi connectivity index (χ3v) is 1.97. The van der Waals surface area contributed by atoms with Crippen molar-refractivity contribution < 1.29 is 27.8 Å². The summed E-state index contributed by atoms with van der Waals surface area (Å²) < 4.78 is 41.2. The average Bonchev–Trinajstić information content (AvgIpc) is 2.25. The van der Waals surface area contributed by atoms with E-state index in [0.717, 1.165) is 19.2 Å². The number of halogens is 3. The predicted molar refractivity (Wildman–Crippen MR) is 48.8 cm³/mol. The molecule has 0 radical (unpaired) electrons. The van der Waals surface area contributed by atoms with Gasteiger partial charge in [0.1, 0.15) is 0 Å². The van der Waals surface area contributed by atoms with Gasteiger partial charge in [0, 0.05) is 5.56 Å². The lowest BCUT2D eigenvalue weighted by Crippen LogP contribution is -2.22. The molecule has 3 nitrogen and oxygen atoms in total. The van der Waals surface area contributed by atoms with Crippen molar-refractivity contribution in [2.75, 3.05) is 7.11 Å². The average molecular weight is 234 g/mol. The van der Waals surface area contributed by atoms with Gasteiger partial charge in [-0.3, -0.25) is 0 Å². The van der Waals surface area contributed by atoms with Crippen LogP contribution in [0.5, 0.6) is 0 Å². The van der Waals surface area contributed by atoms with E-state index < -0.39 is 23.8 Å². The molecule has 0 amide bonds. The first-order valence-corrected chi connectivity index (χ1v) is 4.30. The summed E-state index contributed by atoms with van der Waals surface area (Å²) in [6.07, 6.45) is -7.51. The molecule has 0 aliphatic heterocycles. The van der Waals surface area contributed by atoms with E-state index in [4.69, 9.17) is 5.11 Å². The van der Waals surface area contributed by atoms with Crippen LogP contribution in [0.3, 0.4) is 0 Å². The summed E-state index contributed by atoms with van der Waals surface area (Å²) in [4.78, 5) is 11.2. The fourth-order valence-electron chi connectivity index (χ4n) is 1.21. The van der Waals surface area contributed by atoms with Gasteiger partial charge in [-0.05, 0) is 6.07 Å². The zero-order chi connectivity index (χ0) is 12.3. The highest BCUT2D eigenvalue weighted by Crippen LogP contribution is 2.34. The molecule has 1 N–H and O–H groups in total. The van der Waals surface area contributed by atoms with Crippen LogP contribution in [0, 0.1) is 0 Å². The number of hydrogen-bond acceptors (Lipinski definition) is 3. The third kappa shape index (κ3) is 2.52. The number of rotatable bonds is 2. The van der Waals surface area contributed by atoms with Crippen LogP contribution in [-0.2, 0) is 4.74 Å². The maximum Gasteiger partial charge on any atom is 0.418 e. The van der Waals surface area contributed by atoms with Gasteiger partial charge < -0.3 is 9.84 Å². The van der Waals surface area contributed by atoms with Crippen molar-refractivity contribution in [2.45, 2.75) is 12.3 Å². The number of ether oxygens (including phenoxy) is 1. The predicted octanol–water partition coefficient (Wildman–Crippen LogP) is 2.07. The molecule has 1 aromatic carbocycles. The molecular formula is C10H9F3O3. The Morgan fingerprint density at radius 2 is 1.94 bits per heavy atom. The van der Waals surface area contributed by atoms with Gasteiger partial charge in [-0.1, -0.05) is 18.2 Å². The molecule has 1 atom stereocenters. The molecule has 0 saturated carbocycles. The molecular weight excluding hydrogens is 225 g/mol. The highest BCUT2D eigenvalue weighted by molar-refractivity contribution is 5.91. The second kappa shape index (κ2) is 4.52. The van der Waals surface area contributed by atoms with Gasteiger partial charge in [0.25, 0.3) is 0 Å². The Kier molecular flexibility index (Phi) is 3.54. The molecule has 0 aliphatic carbocycles. The Balaban J connectivity index is 3.18. The maximum atomic E-state index is 12.3. The number of aliphatic hydroxyl groups is 1. The van der Waals surface area contributed by atoms with Crippen LogP contribution < -0.4 is 0 Å². The van der Waals surface area contributed by atoms with Crippen molar-refractivity contribution in [1.82, 2.24) is 0 Å². The third-order valence-electron chi connectivity index (χ3n) is 1.97. The van der Waals surface area contributed by atoms with Crippen molar-refractivity contribution in [1.29, 1.82) is 0 Å². The Labute approximate surface area is 89.5 Å². The molecule has 16 heavy (non-hydrogen) atoms. The summed E-state index contributed by atoms with van der Waals surface area (Å²) in [7, 11) is 1.05. The van der Waals surface area contributed by atoms with E-state index in [1.165, 1.54) is 12.1 Å². The molecule has 1 rings (SSSR count). The Bertz CT molecular complexity index is 387. The fourth-order valence-corrected chi connectivity index (χ4v) is 1.21. The van der Waals surface area contributed by atoms with E-state index in [1.807, 2.05) is 0 Å². The van der Waals surface area contributed by atoms with E-state index in [0.29, 0.717) is 0 Å². The van der Waals surface area contributed by atoms with Gasteiger partial charge in [-0.2, -0.15) is 13.2 Å². The summed E-state index contributed by atoms with van der Waals surface area (Å²) in [5.74, 6) is -0.918. The molecule has 0 aromatic heterocycles. The van der Waals surface area contributed by atoms with E-state index >= 15 is 0 Å². The van der Waals surface area contributed by atoms with Gasteiger partial charge in [-0.25, -0.2) is 4.79 Å². The van der Waals surface area contributed by atoms with Gasteiger partial charge in [0.2, 0.25) is 0 Å². The molecule has 0 aliphatic rings. The van der Waals surface area contributed by atoms with Crippen molar-refractivity contribution in [3.8, 4) is 0 Å². The summed E-state index contributed by atoms with van der Waals surface area (Å²) in [6.45, 7) is 0. The molecule has 0 bridgehead atoms. The zero-order valence-corrected chi connectivity index (χ0v) is 8.28. The van der Waals surface area contributed by atoms with Crippen LogP contribution in [0.25, 0.3) is 0 Å². The minimum atomic E-state index is -4.82. The number of carbonyl (C=O) groups is 1. The number of hydrogen-bond donors (Lipinski definition) is 1. The first-order valence-electron chi connectivity index (χ1n) is 4.30. The summed E-state index contributed by atoms with van der Waals surface area (Å²) in [5.41, 5.74) is -0.809. The largest absolute Gasteiger partial charge is 0.465 e. The van der Waals surface area contributed by atoms with Crippen molar-refractivity contribution in [2.24, 2.45) is 0 Å². The van der Waals surface area contributed by atoms with Crippen LogP contribution in [0.15, 0.2) is 24.3 Å². The van der Waals surface area contributed by atoms with Gasteiger partial charge in [0.05, 0.1) is 12.7 Å². The standard InChI is InChI=1S/C10H9F3O3/c1-16-9(15)7-5-3-2-4-6(7)8(14)10(11,12)13/h2-5,8,14H,1H3. The second-order valence-corrected chi connectivity index (χ2v) is 3.02. The van der Waals surface area contributed by atoms with E-state index in [2.05, 4.69) is 4.74 Å². The van der Waals surface area contributed by atoms with Gasteiger partial charge in [0.15, 0.2) is 6.10 Å². The lowest BCUT2D eigenvalue weighted by atomic mass is 10.0. The smallest absolute Gasteiger partial charge is 0.418 e. The van der Waals surface area contributed by atoms with Crippen LogP contribution in [0.1, 0.15) is 22.0 Å². The molecule has 0 saturated heterocycles. The second-order valence-electron chi connectivity index (χ2n) is 3.02. The number of benzene rings is 1. The highest BCUT2D eigenvalue weighted by atomic mass is 19.4. The van der Waals surface area contributed by atoms with Crippen molar-refractivity contribution in [3.05, 3.63) is 35.4 Å². The van der Waals surface area contributed by atoms with Crippen LogP contribution in [0.4, 0.5) is 13.2 Å². The number of carbonyl (C=O) groups excluding carboxylic acids is 1. The lowest BCUT2D eigenvalue weighted by molar-refractivity contribution is -0.206. The van der Waals surface area contributed by atoms with Crippen molar-refractivity contribution >= 4 is 5.97 Å². The Morgan fingerprint density at radius 3 is 2.44 bits per heavy atom. The molecule has 0 fully saturated rings. The van der Waals surface area contributed by atoms with Crippen LogP contribution in [0.2, 0.25) is 0 Å². The molecule has 1 unspecified atom stereocenters. The van der Waals surface area contributed by atoms with Crippen LogP contribution in [-0.4, -0.2) is 24.4 Å². The molecule has 0 heterocycles. The highest BCUT2D eigenvalue weighted by Gasteiger charge is 2.41. The topological polar surface area (TPSA) is 46.5 Å². The van der Waals surface area contributed by atoms with Gasteiger partial charge in [-0.15, -0.1) is 0 Å². The number of esters is 1. The maximum absolute atomic E-state index is 12.3. The minimum absolute atomic E-state index is 0.296. The summed E-state index contributed by atoms with van der Waals surface area (Å²) in [5, 5.41) is 9.05. The summed E-state index contributed by atoms with van der Waals surface area (Å²) >= 11 is 0. The molecule has 88 valence electrons. The normalized spacial score (nSPS) is 13.3. The Morgan fingerprint density at radius 1 is 1.38 bits per heavy atom. The van der Waals surface area contributed by atoms with Crippen LogP contribution >= 0.6 is 0 Å². The summed E-state index contributed by atoms with van der Waals surface area (Å²) in [6, 6.07) is 4.89. The molecule has 0 spiro atoms. The lowest BCUT2D eigenvalue weighted by Gasteiger charge is -2.17. The van der Waals surface area contributed by atoms with E-state index in [1.54, 1.807) is 0 Å². The fraction of sp³-hybridized carbons (Fsp3) is 0.300. The van der Waals surface area contributed by atoms with E-state index in [9.17, 15) is 18.0 Å². The van der Waals surface area contributed by atoms with Crippen molar-refractivity contribution in [3.63, 3.8) is 0 Å². The SMILES string of the molecule is COC(=O)c1ccccc1C(O)C(F)(F)F. The first kappa shape index (κ1) is 12.5. The number of methoxy groups -OCH3 is 1. The number of alkyl halides is 3. The minimum Gasteiger partial charge on any atom is -0.465 e. The number of aliphatic hydroxyl groups excluding tert-OH is 1. The van der Waals surface area contributed by atoms with Gasteiger partial charge >= 0.3 is 12.1 Å². The monoisotopic (exact) mass is 234 g/mol. The zero-order valence-electron chi connectivity index (χ0n) is 8.28.